The molecule has 2 aromatic heterocycles. The third-order valence-corrected chi connectivity index (χ3v) is 6.43. The molecule has 1 aliphatic carbocycles. The third kappa shape index (κ3) is 3.98. The Morgan fingerprint density at radius 3 is 2.91 bits per heavy atom. The number of para-hydroxylation sites is 1. The van der Waals surface area contributed by atoms with E-state index in [4.69, 9.17) is 10.5 Å². The van der Waals surface area contributed by atoms with Crippen LogP contribution in [-0.2, 0) is 28.9 Å². The lowest BCUT2D eigenvalue weighted by atomic mass is 9.98. The van der Waals surface area contributed by atoms with Gasteiger partial charge in [0.2, 0.25) is 11.8 Å². The molecular formula is C24H27N5O3. The van der Waals surface area contributed by atoms with Crippen LogP contribution < -0.4 is 5.73 Å². The van der Waals surface area contributed by atoms with Crippen molar-refractivity contribution >= 4 is 22.7 Å². The molecule has 0 bridgehead atoms. The number of nitrogens with two attached hydrogens (primary N) is 1. The van der Waals surface area contributed by atoms with Crippen molar-refractivity contribution in [3.05, 3.63) is 59.0 Å². The van der Waals surface area contributed by atoms with E-state index in [-0.39, 0.29) is 5.91 Å². The first-order chi connectivity index (χ1) is 15.6. The zero-order valence-electron chi connectivity index (χ0n) is 18.0. The van der Waals surface area contributed by atoms with Crippen molar-refractivity contribution in [2.24, 2.45) is 5.73 Å². The first kappa shape index (κ1) is 20.6. The molecule has 3 heterocycles. The molecule has 0 radical (unpaired) electrons. The van der Waals surface area contributed by atoms with E-state index in [9.17, 15) is 9.59 Å². The molecule has 8 nitrogen and oxygen atoms in total. The quantitative estimate of drug-likeness (QED) is 0.666. The number of fused-ring (bicyclic) bond motifs is 2. The Bertz CT molecular complexity index is 1170. The number of pyridine rings is 1. The minimum Gasteiger partial charge on any atom is -0.368 e. The van der Waals surface area contributed by atoms with Gasteiger partial charge in [-0.15, -0.1) is 0 Å². The largest absolute Gasteiger partial charge is 0.368 e. The number of nitrogens with zero attached hydrogens (tertiary/aromatic N) is 4. The standard InChI is InChI=1S/C24H27N5O3/c25-24(31)18-13-20(27-19-7-3-2-6-17(18)19)22-15-28(11-12-32-22)23(30)9-10-29-21-8-4-1-5-16(21)14-26-29/h2-3,6-7,13-14,22H,1,4-5,8-12,15H2,(H2,25,31)/t22-/m0/s1. The third-order valence-electron chi connectivity index (χ3n) is 6.43. The van der Waals surface area contributed by atoms with E-state index in [1.807, 2.05) is 40.0 Å². The topological polar surface area (TPSA) is 103 Å². The summed E-state index contributed by atoms with van der Waals surface area (Å²) in [5.41, 5.74) is 9.94. The molecule has 0 spiro atoms. The van der Waals surface area contributed by atoms with Gasteiger partial charge in [0, 0.05) is 30.6 Å². The van der Waals surface area contributed by atoms with Gasteiger partial charge in [0.05, 0.1) is 36.1 Å². The monoisotopic (exact) mass is 433 g/mol. The van der Waals surface area contributed by atoms with Crippen LogP contribution in [0.3, 0.4) is 0 Å². The minimum absolute atomic E-state index is 0.0780. The maximum atomic E-state index is 13.0. The fraction of sp³-hybridized carbons (Fsp3) is 0.417. The van der Waals surface area contributed by atoms with Gasteiger partial charge in [-0.25, -0.2) is 4.98 Å². The van der Waals surface area contributed by atoms with Gasteiger partial charge in [-0.2, -0.15) is 5.10 Å². The fourth-order valence-electron chi connectivity index (χ4n) is 4.73. The number of rotatable bonds is 5. The lowest BCUT2D eigenvalue weighted by Gasteiger charge is -2.33. The molecule has 0 saturated carbocycles. The van der Waals surface area contributed by atoms with E-state index < -0.39 is 12.0 Å². The molecule has 1 fully saturated rings. The molecule has 0 unspecified atom stereocenters. The number of carbonyl (C=O) groups excluding carboxylic acids is 2. The first-order valence-corrected chi connectivity index (χ1v) is 11.2. The summed E-state index contributed by atoms with van der Waals surface area (Å²) in [5.74, 6) is -0.426. The van der Waals surface area contributed by atoms with Crippen LogP contribution in [0.15, 0.2) is 36.5 Å². The second-order valence-electron chi connectivity index (χ2n) is 8.47. The Morgan fingerprint density at radius 1 is 1.19 bits per heavy atom. The van der Waals surface area contributed by atoms with E-state index in [1.54, 1.807) is 6.07 Å². The highest BCUT2D eigenvalue weighted by molar-refractivity contribution is 6.05. The second-order valence-corrected chi connectivity index (χ2v) is 8.47. The van der Waals surface area contributed by atoms with Gasteiger partial charge < -0.3 is 15.4 Å². The van der Waals surface area contributed by atoms with Gasteiger partial charge in [0.1, 0.15) is 6.10 Å². The molecule has 166 valence electrons. The molecule has 1 aliphatic heterocycles. The van der Waals surface area contributed by atoms with Crippen LogP contribution in [-0.4, -0.2) is 51.2 Å². The van der Waals surface area contributed by atoms with E-state index in [1.165, 1.54) is 24.1 Å². The zero-order chi connectivity index (χ0) is 22.1. The van der Waals surface area contributed by atoms with Gasteiger partial charge in [-0.1, -0.05) is 18.2 Å². The molecular weight excluding hydrogens is 406 g/mol. The summed E-state index contributed by atoms with van der Waals surface area (Å²) in [4.78, 5) is 31.5. The average molecular weight is 434 g/mol. The number of hydrogen-bond acceptors (Lipinski definition) is 5. The summed E-state index contributed by atoms with van der Waals surface area (Å²) in [5, 5.41) is 5.22. The number of morpholine rings is 1. The van der Waals surface area contributed by atoms with Crippen molar-refractivity contribution in [1.82, 2.24) is 19.7 Å². The van der Waals surface area contributed by atoms with Crippen LogP contribution >= 0.6 is 0 Å². The van der Waals surface area contributed by atoms with E-state index in [2.05, 4.69) is 10.1 Å². The second kappa shape index (κ2) is 8.70. The highest BCUT2D eigenvalue weighted by atomic mass is 16.5. The van der Waals surface area contributed by atoms with Gasteiger partial charge in [0.15, 0.2) is 0 Å². The molecule has 8 heteroatoms. The van der Waals surface area contributed by atoms with E-state index in [0.29, 0.717) is 49.4 Å². The highest BCUT2D eigenvalue weighted by Crippen LogP contribution is 2.26. The number of benzene rings is 1. The molecule has 1 aromatic carbocycles. The van der Waals surface area contributed by atoms with Crippen molar-refractivity contribution in [2.75, 3.05) is 19.7 Å². The molecule has 2 amide bonds. The number of hydrogen-bond donors (Lipinski definition) is 1. The number of aromatic nitrogens is 3. The SMILES string of the molecule is NC(=O)c1cc([C@@H]2CN(C(=O)CCn3ncc4c3CCCC4)CCO2)nc2ccccc12. The molecule has 5 rings (SSSR count). The normalized spacial score (nSPS) is 18.5. The molecule has 2 N–H and O–H groups in total. The molecule has 3 aromatic rings. The highest BCUT2D eigenvalue weighted by Gasteiger charge is 2.27. The van der Waals surface area contributed by atoms with Crippen LogP contribution in [0.1, 0.15) is 52.7 Å². The van der Waals surface area contributed by atoms with Crippen molar-refractivity contribution in [3.63, 3.8) is 0 Å². The Hall–Kier alpha value is -3.26. The van der Waals surface area contributed by atoms with Crippen molar-refractivity contribution in [2.45, 2.75) is 44.8 Å². The Labute approximate surface area is 186 Å². The minimum atomic E-state index is -0.504. The summed E-state index contributed by atoms with van der Waals surface area (Å²) in [6.45, 7) is 1.96. The number of amides is 2. The fourth-order valence-corrected chi connectivity index (χ4v) is 4.73. The van der Waals surface area contributed by atoms with Gasteiger partial charge >= 0.3 is 0 Å². The maximum Gasteiger partial charge on any atom is 0.249 e. The van der Waals surface area contributed by atoms with Crippen LogP contribution in [0.25, 0.3) is 10.9 Å². The summed E-state index contributed by atoms with van der Waals surface area (Å²) >= 11 is 0. The number of aryl methyl sites for hydroxylation is 2. The Balaban J connectivity index is 1.30. The smallest absolute Gasteiger partial charge is 0.249 e. The maximum absolute atomic E-state index is 13.0. The summed E-state index contributed by atoms with van der Waals surface area (Å²) in [7, 11) is 0. The first-order valence-electron chi connectivity index (χ1n) is 11.2. The van der Waals surface area contributed by atoms with Crippen LogP contribution in [0, 0.1) is 0 Å². The van der Waals surface area contributed by atoms with Gasteiger partial charge in [0.25, 0.3) is 0 Å². The van der Waals surface area contributed by atoms with Crippen molar-refractivity contribution in [3.8, 4) is 0 Å². The van der Waals surface area contributed by atoms with Crippen LogP contribution in [0.2, 0.25) is 0 Å². The van der Waals surface area contributed by atoms with E-state index >= 15 is 0 Å². The lowest BCUT2D eigenvalue weighted by molar-refractivity contribution is -0.139. The predicted molar refractivity (Wildman–Crippen MR) is 119 cm³/mol. The lowest BCUT2D eigenvalue weighted by Crippen LogP contribution is -2.42. The molecule has 1 saturated heterocycles. The Morgan fingerprint density at radius 2 is 2.03 bits per heavy atom. The number of carbonyl (C=O) groups is 2. The summed E-state index contributed by atoms with van der Waals surface area (Å²) < 4.78 is 7.92. The van der Waals surface area contributed by atoms with Gasteiger partial charge in [-0.05, 0) is 43.4 Å². The predicted octanol–water partition coefficient (Wildman–Crippen LogP) is 2.40. The summed E-state index contributed by atoms with van der Waals surface area (Å²) in [6.07, 6.45) is 6.48. The Kier molecular flexibility index (Phi) is 5.61. The van der Waals surface area contributed by atoms with Crippen LogP contribution in [0.4, 0.5) is 0 Å². The van der Waals surface area contributed by atoms with Gasteiger partial charge in [-0.3, -0.25) is 14.3 Å². The van der Waals surface area contributed by atoms with Crippen molar-refractivity contribution in [1.29, 1.82) is 0 Å². The molecule has 32 heavy (non-hydrogen) atoms. The van der Waals surface area contributed by atoms with Crippen LogP contribution in [0.5, 0.6) is 0 Å². The molecule has 2 aliphatic rings. The zero-order valence-corrected chi connectivity index (χ0v) is 18.0. The molecule has 1 atom stereocenters. The van der Waals surface area contributed by atoms with E-state index in [0.717, 1.165) is 18.2 Å². The number of ether oxygens (including phenoxy) is 1. The number of primary amides is 1. The summed E-state index contributed by atoms with van der Waals surface area (Å²) in [6, 6.07) is 9.10. The average Bonchev–Trinajstić information content (AvgIpc) is 3.25. The van der Waals surface area contributed by atoms with Crippen molar-refractivity contribution < 1.29 is 14.3 Å².